The van der Waals surface area contributed by atoms with Gasteiger partial charge in [-0.15, -0.1) is 0 Å². The quantitative estimate of drug-likeness (QED) is 0.654. The molecule has 0 spiro atoms. The van der Waals surface area contributed by atoms with Gasteiger partial charge in [-0.3, -0.25) is 5.10 Å². The summed E-state index contributed by atoms with van der Waals surface area (Å²) in [7, 11) is 0. The molecular formula is C8H12N6. The van der Waals surface area contributed by atoms with Crippen LogP contribution in [0.4, 0.5) is 0 Å². The molecule has 1 atom stereocenters. The van der Waals surface area contributed by atoms with E-state index in [-0.39, 0.29) is 6.04 Å². The van der Waals surface area contributed by atoms with Crippen molar-refractivity contribution in [2.75, 3.05) is 0 Å². The first-order chi connectivity index (χ1) is 6.86. The summed E-state index contributed by atoms with van der Waals surface area (Å²) in [5, 5.41) is 9.89. The Morgan fingerprint density at radius 3 is 3.14 bits per heavy atom. The van der Waals surface area contributed by atoms with Crippen LogP contribution in [0.5, 0.6) is 0 Å². The number of aromatic nitrogens is 5. The van der Waals surface area contributed by atoms with Crippen molar-refractivity contribution in [2.24, 2.45) is 0 Å². The molecule has 1 unspecified atom stereocenters. The first-order valence-electron chi connectivity index (χ1n) is 4.42. The van der Waals surface area contributed by atoms with Crippen LogP contribution in [-0.2, 0) is 6.54 Å². The molecule has 6 heteroatoms. The summed E-state index contributed by atoms with van der Waals surface area (Å²) in [5.74, 6) is 0.838. The van der Waals surface area contributed by atoms with E-state index in [1.54, 1.807) is 12.5 Å². The monoisotopic (exact) mass is 192 g/mol. The minimum atomic E-state index is 0.154. The second-order valence-electron chi connectivity index (χ2n) is 3.05. The fourth-order valence-corrected chi connectivity index (χ4v) is 1.16. The highest BCUT2D eigenvalue weighted by Crippen LogP contribution is 2.04. The molecule has 14 heavy (non-hydrogen) atoms. The molecule has 0 amide bonds. The Kier molecular flexibility index (Phi) is 2.55. The maximum atomic E-state index is 4.06. The lowest BCUT2D eigenvalue weighted by atomic mass is 10.3. The number of imidazole rings is 1. The Bertz CT molecular complexity index is 351. The van der Waals surface area contributed by atoms with Crippen molar-refractivity contribution >= 4 is 0 Å². The summed E-state index contributed by atoms with van der Waals surface area (Å²) in [6.45, 7) is 2.76. The molecule has 0 aliphatic heterocycles. The number of hydrogen-bond donors (Lipinski definition) is 3. The van der Waals surface area contributed by atoms with Gasteiger partial charge in [-0.05, 0) is 6.92 Å². The molecule has 0 saturated carbocycles. The number of nitrogens with one attached hydrogen (secondary N) is 3. The molecule has 6 nitrogen and oxygen atoms in total. The van der Waals surface area contributed by atoms with Crippen LogP contribution in [-0.4, -0.2) is 25.1 Å². The molecule has 0 radical (unpaired) electrons. The van der Waals surface area contributed by atoms with Gasteiger partial charge in [-0.1, -0.05) is 0 Å². The Hall–Kier alpha value is -1.69. The molecule has 2 heterocycles. The van der Waals surface area contributed by atoms with Crippen molar-refractivity contribution in [3.8, 4) is 0 Å². The molecule has 0 aliphatic rings. The van der Waals surface area contributed by atoms with Crippen LogP contribution < -0.4 is 5.32 Å². The zero-order chi connectivity index (χ0) is 9.80. The van der Waals surface area contributed by atoms with E-state index in [1.165, 1.54) is 6.33 Å². The van der Waals surface area contributed by atoms with Crippen molar-refractivity contribution in [1.82, 2.24) is 30.5 Å². The Morgan fingerprint density at radius 2 is 2.50 bits per heavy atom. The Morgan fingerprint density at radius 1 is 1.57 bits per heavy atom. The Labute approximate surface area is 81.2 Å². The van der Waals surface area contributed by atoms with Crippen molar-refractivity contribution in [3.05, 3.63) is 30.4 Å². The summed E-state index contributed by atoms with van der Waals surface area (Å²) in [6.07, 6.45) is 4.96. The van der Waals surface area contributed by atoms with E-state index < -0.39 is 0 Å². The van der Waals surface area contributed by atoms with E-state index in [0.717, 1.165) is 18.1 Å². The van der Waals surface area contributed by atoms with Gasteiger partial charge >= 0.3 is 0 Å². The molecular weight excluding hydrogens is 180 g/mol. The van der Waals surface area contributed by atoms with Gasteiger partial charge in [0.05, 0.1) is 12.4 Å². The first-order valence-corrected chi connectivity index (χ1v) is 4.42. The number of H-pyrrole nitrogens is 2. The van der Waals surface area contributed by atoms with Crippen LogP contribution in [0.3, 0.4) is 0 Å². The number of rotatable bonds is 4. The SMILES string of the molecule is CC(NCc1cnc[nH]1)c1ncn[nH]1. The van der Waals surface area contributed by atoms with Gasteiger partial charge < -0.3 is 10.3 Å². The van der Waals surface area contributed by atoms with Gasteiger partial charge in [0, 0.05) is 18.4 Å². The summed E-state index contributed by atoms with van der Waals surface area (Å²) < 4.78 is 0. The molecule has 0 aliphatic carbocycles. The molecule has 2 aromatic rings. The third kappa shape index (κ3) is 1.97. The molecule has 0 aromatic carbocycles. The standard InChI is InChI=1S/C8H12N6/c1-6(8-12-5-13-14-8)10-3-7-2-9-4-11-7/h2,4-6,10H,3H2,1H3,(H,9,11)(H,12,13,14). The van der Waals surface area contributed by atoms with E-state index >= 15 is 0 Å². The van der Waals surface area contributed by atoms with Gasteiger partial charge in [0.1, 0.15) is 12.2 Å². The van der Waals surface area contributed by atoms with Crippen LogP contribution in [0.1, 0.15) is 24.5 Å². The minimum absolute atomic E-state index is 0.154. The van der Waals surface area contributed by atoms with Crippen LogP contribution in [0.25, 0.3) is 0 Å². The normalized spacial score (nSPS) is 12.9. The second kappa shape index (κ2) is 4.01. The topological polar surface area (TPSA) is 82.3 Å². The van der Waals surface area contributed by atoms with Gasteiger partial charge in [0.25, 0.3) is 0 Å². The van der Waals surface area contributed by atoms with E-state index in [2.05, 4.69) is 30.5 Å². The fourth-order valence-electron chi connectivity index (χ4n) is 1.16. The average Bonchev–Trinajstić information content (AvgIpc) is 2.87. The second-order valence-corrected chi connectivity index (χ2v) is 3.05. The average molecular weight is 192 g/mol. The van der Waals surface area contributed by atoms with Crippen LogP contribution in [0, 0.1) is 0 Å². The molecule has 3 N–H and O–H groups in total. The summed E-state index contributed by atoms with van der Waals surface area (Å²) in [6, 6.07) is 0.154. The molecule has 0 fully saturated rings. The van der Waals surface area contributed by atoms with Gasteiger partial charge in [-0.2, -0.15) is 5.10 Å². The minimum Gasteiger partial charge on any atom is -0.347 e. The third-order valence-corrected chi connectivity index (χ3v) is 2.00. The smallest absolute Gasteiger partial charge is 0.141 e. The largest absolute Gasteiger partial charge is 0.347 e. The highest BCUT2D eigenvalue weighted by molar-refractivity contribution is 4.96. The maximum absolute atomic E-state index is 4.06. The van der Waals surface area contributed by atoms with Gasteiger partial charge in [0.2, 0.25) is 0 Å². The lowest BCUT2D eigenvalue weighted by molar-refractivity contribution is 0.543. The van der Waals surface area contributed by atoms with E-state index in [4.69, 9.17) is 0 Å². The van der Waals surface area contributed by atoms with E-state index in [1.807, 2.05) is 6.92 Å². The number of hydrogen-bond acceptors (Lipinski definition) is 4. The lowest BCUT2D eigenvalue weighted by Crippen LogP contribution is -2.19. The molecule has 0 bridgehead atoms. The first kappa shape index (κ1) is 8.89. The number of aromatic amines is 2. The summed E-state index contributed by atoms with van der Waals surface area (Å²) in [5.41, 5.74) is 1.05. The molecule has 0 saturated heterocycles. The lowest BCUT2D eigenvalue weighted by Gasteiger charge is -2.08. The van der Waals surface area contributed by atoms with Gasteiger partial charge in [0.15, 0.2) is 0 Å². The Balaban J connectivity index is 1.87. The predicted octanol–water partition coefficient (Wildman–Crippen LogP) is 0.379. The summed E-state index contributed by atoms with van der Waals surface area (Å²) >= 11 is 0. The molecule has 2 aromatic heterocycles. The van der Waals surface area contributed by atoms with E-state index in [9.17, 15) is 0 Å². The predicted molar refractivity (Wildman–Crippen MR) is 50.2 cm³/mol. The molecule has 74 valence electrons. The maximum Gasteiger partial charge on any atom is 0.141 e. The van der Waals surface area contributed by atoms with Crippen molar-refractivity contribution in [2.45, 2.75) is 19.5 Å². The van der Waals surface area contributed by atoms with Gasteiger partial charge in [-0.25, -0.2) is 9.97 Å². The van der Waals surface area contributed by atoms with E-state index in [0.29, 0.717) is 0 Å². The van der Waals surface area contributed by atoms with Crippen LogP contribution in [0.2, 0.25) is 0 Å². The molecule has 2 rings (SSSR count). The summed E-state index contributed by atoms with van der Waals surface area (Å²) in [4.78, 5) is 11.0. The van der Waals surface area contributed by atoms with Crippen molar-refractivity contribution in [3.63, 3.8) is 0 Å². The van der Waals surface area contributed by atoms with Crippen LogP contribution in [0.15, 0.2) is 18.9 Å². The highest BCUT2D eigenvalue weighted by Gasteiger charge is 2.07. The third-order valence-electron chi connectivity index (χ3n) is 2.00. The van der Waals surface area contributed by atoms with Crippen molar-refractivity contribution in [1.29, 1.82) is 0 Å². The highest BCUT2D eigenvalue weighted by atomic mass is 15.2. The zero-order valence-corrected chi connectivity index (χ0v) is 7.86. The van der Waals surface area contributed by atoms with Crippen molar-refractivity contribution < 1.29 is 0 Å². The fraction of sp³-hybridized carbons (Fsp3) is 0.375. The number of nitrogens with zero attached hydrogens (tertiary/aromatic N) is 3. The van der Waals surface area contributed by atoms with Crippen LogP contribution >= 0.6 is 0 Å². The zero-order valence-electron chi connectivity index (χ0n) is 7.86.